The van der Waals surface area contributed by atoms with Crippen molar-refractivity contribution in [1.29, 1.82) is 0 Å². The average molecular weight is 799 g/mol. The van der Waals surface area contributed by atoms with E-state index in [0.717, 1.165) is 27.8 Å². The van der Waals surface area contributed by atoms with Gasteiger partial charge in [-0.15, -0.1) is 0 Å². The Morgan fingerprint density at radius 3 is 1.76 bits per heavy atom. The van der Waals surface area contributed by atoms with Gasteiger partial charge in [-0.25, -0.2) is 0 Å². The average Bonchev–Trinajstić information content (AvgIpc) is 3.83. The van der Waals surface area contributed by atoms with Crippen molar-refractivity contribution in [3.8, 4) is 27.9 Å². The number of hydrogen-bond acceptors (Lipinski definition) is 3. The third-order valence-corrected chi connectivity index (χ3v) is 12.8. The largest absolute Gasteiger partial charge is 0.312 e. The predicted molar refractivity (Wildman–Crippen MR) is 256 cm³/mol. The molecule has 0 amide bonds. The molecule has 1 heterocycles. The number of nitrogens with two attached hydrogens (primary N) is 1. The molecule has 11 rings (SSSR count). The molecule has 2 atom stereocenters. The Balaban J connectivity index is 1.10. The van der Waals surface area contributed by atoms with Crippen LogP contribution in [-0.4, -0.2) is 4.57 Å². The van der Waals surface area contributed by atoms with Gasteiger partial charge in [0.25, 0.3) is 0 Å². The van der Waals surface area contributed by atoms with Gasteiger partial charge in [0.15, 0.2) is 0 Å². The zero-order valence-electron chi connectivity index (χ0n) is 34.3. The van der Waals surface area contributed by atoms with Crippen molar-refractivity contribution in [3.63, 3.8) is 0 Å². The number of nitrogens with one attached hydrogen (secondary N) is 2. The topological polar surface area (TPSA) is 55.0 Å². The molecule has 0 fully saturated rings. The Morgan fingerprint density at radius 2 is 1.05 bits per heavy atom. The highest BCUT2D eigenvalue weighted by molar-refractivity contribution is 6.13. The van der Waals surface area contributed by atoms with Crippen LogP contribution in [0.4, 0.5) is 0 Å². The van der Waals surface area contributed by atoms with Crippen LogP contribution >= 0.6 is 0 Å². The number of nitrogens with zero attached hydrogens (tertiary/aromatic N) is 1. The molecule has 1 aromatic heterocycles. The lowest BCUT2D eigenvalue weighted by atomic mass is 9.67. The van der Waals surface area contributed by atoms with Crippen LogP contribution < -0.4 is 16.4 Å². The van der Waals surface area contributed by atoms with E-state index in [1.165, 1.54) is 60.8 Å². The van der Waals surface area contributed by atoms with Crippen LogP contribution in [-0.2, 0) is 12.0 Å². The van der Waals surface area contributed by atoms with Gasteiger partial charge in [0, 0.05) is 23.0 Å². The van der Waals surface area contributed by atoms with Crippen molar-refractivity contribution < 1.29 is 0 Å². The molecule has 0 saturated heterocycles. The Kier molecular flexibility index (Phi) is 9.67. The van der Waals surface area contributed by atoms with E-state index in [1.807, 2.05) is 12.1 Å². The van der Waals surface area contributed by atoms with Crippen LogP contribution in [0.1, 0.15) is 51.3 Å². The standard InChI is InChI=1S/C58H46N4/c59-56(61-57(42-23-10-3-11-24-42)60-39-40-19-6-1-7-20-40)44-25-18-30-47(35-44)62-54-36-43(41-21-8-2-9-22-41)33-34-49(54)51-37-50-48-31-16-17-32-52(48)58(53(50)38-55(51)62,45-26-12-4-13-27-45)46-28-14-5-15-29-46/h1-38,56-57,60-61H,39,59H2. The molecule has 0 saturated carbocycles. The summed E-state index contributed by atoms with van der Waals surface area (Å²) in [6.07, 6.45) is -0.635. The summed E-state index contributed by atoms with van der Waals surface area (Å²) in [5, 5.41) is 9.90. The number of fused-ring (bicyclic) bond motifs is 6. The quantitative estimate of drug-likeness (QED) is 0.114. The lowest BCUT2D eigenvalue weighted by molar-refractivity contribution is 0.386. The van der Waals surface area contributed by atoms with E-state index < -0.39 is 11.6 Å². The normalized spacial score (nSPS) is 13.8. The molecule has 4 N–H and O–H groups in total. The van der Waals surface area contributed by atoms with Gasteiger partial charge in [0.2, 0.25) is 0 Å². The molecule has 0 bridgehead atoms. The molecular formula is C58H46N4. The second-order valence-corrected chi connectivity index (χ2v) is 16.3. The van der Waals surface area contributed by atoms with Crippen LogP contribution in [0.3, 0.4) is 0 Å². The first-order valence-corrected chi connectivity index (χ1v) is 21.5. The fourth-order valence-corrected chi connectivity index (χ4v) is 9.91. The summed E-state index contributed by atoms with van der Waals surface area (Å²) in [5.74, 6) is 0. The Hall–Kier alpha value is -7.34. The van der Waals surface area contributed by atoms with Crippen LogP contribution in [0.25, 0.3) is 49.7 Å². The second-order valence-electron chi connectivity index (χ2n) is 16.3. The van der Waals surface area contributed by atoms with E-state index in [1.54, 1.807) is 0 Å². The zero-order valence-corrected chi connectivity index (χ0v) is 34.3. The molecule has 62 heavy (non-hydrogen) atoms. The van der Waals surface area contributed by atoms with Crippen LogP contribution in [0.15, 0.2) is 231 Å². The van der Waals surface area contributed by atoms with Crippen LogP contribution in [0.5, 0.6) is 0 Å². The number of aromatic nitrogens is 1. The molecular weight excluding hydrogens is 753 g/mol. The van der Waals surface area contributed by atoms with Gasteiger partial charge in [-0.1, -0.05) is 200 Å². The summed E-state index contributed by atoms with van der Waals surface area (Å²) in [4.78, 5) is 0. The minimum atomic E-state index is -0.521. The first-order valence-electron chi connectivity index (χ1n) is 21.5. The number of rotatable bonds is 11. The van der Waals surface area contributed by atoms with E-state index >= 15 is 0 Å². The third-order valence-electron chi connectivity index (χ3n) is 12.8. The highest BCUT2D eigenvalue weighted by Crippen LogP contribution is 2.57. The van der Waals surface area contributed by atoms with Crippen molar-refractivity contribution in [2.24, 2.45) is 5.73 Å². The smallest absolute Gasteiger partial charge is 0.0852 e. The third kappa shape index (κ3) is 6.45. The lowest BCUT2D eigenvalue weighted by Crippen LogP contribution is -2.39. The molecule has 1 aliphatic carbocycles. The van der Waals surface area contributed by atoms with Crippen LogP contribution in [0, 0.1) is 0 Å². The molecule has 0 spiro atoms. The minimum absolute atomic E-state index is 0.176. The minimum Gasteiger partial charge on any atom is -0.312 e. The number of hydrogen-bond donors (Lipinski definition) is 3. The van der Waals surface area contributed by atoms with E-state index in [4.69, 9.17) is 5.73 Å². The summed E-state index contributed by atoms with van der Waals surface area (Å²) >= 11 is 0. The van der Waals surface area contributed by atoms with Crippen LogP contribution in [0.2, 0.25) is 0 Å². The lowest BCUT2D eigenvalue weighted by Gasteiger charge is -2.34. The van der Waals surface area contributed by atoms with Gasteiger partial charge >= 0.3 is 0 Å². The molecule has 1 aliphatic rings. The fraction of sp³-hybridized carbons (Fsp3) is 0.0690. The van der Waals surface area contributed by atoms with Crippen molar-refractivity contribution in [3.05, 3.63) is 269 Å². The number of benzene rings is 9. The molecule has 4 nitrogen and oxygen atoms in total. The molecule has 2 unspecified atom stereocenters. The molecule has 0 radical (unpaired) electrons. The summed E-state index contributed by atoms with van der Waals surface area (Å²) in [6, 6.07) is 83.3. The summed E-state index contributed by atoms with van der Waals surface area (Å²) in [6.45, 7) is 0.701. The monoisotopic (exact) mass is 798 g/mol. The summed E-state index contributed by atoms with van der Waals surface area (Å²) in [5.41, 5.74) is 23.3. The van der Waals surface area contributed by atoms with Gasteiger partial charge in [-0.05, 0) is 91.5 Å². The van der Waals surface area contributed by atoms with Crippen molar-refractivity contribution in [2.75, 3.05) is 0 Å². The Labute approximate surface area is 363 Å². The molecule has 298 valence electrons. The maximum absolute atomic E-state index is 7.18. The first kappa shape index (κ1) is 37.6. The van der Waals surface area contributed by atoms with Gasteiger partial charge in [-0.2, -0.15) is 0 Å². The summed E-state index contributed by atoms with van der Waals surface area (Å²) in [7, 11) is 0. The molecule has 9 aromatic carbocycles. The highest BCUT2D eigenvalue weighted by Gasteiger charge is 2.46. The van der Waals surface area contributed by atoms with E-state index in [9.17, 15) is 0 Å². The van der Waals surface area contributed by atoms with E-state index in [0.29, 0.717) is 6.54 Å². The Bertz CT molecular complexity index is 3120. The predicted octanol–water partition coefficient (Wildman–Crippen LogP) is 12.8. The second kappa shape index (κ2) is 15.9. The summed E-state index contributed by atoms with van der Waals surface area (Å²) < 4.78 is 2.46. The highest BCUT2D eigenvalue weighted by atomic mass is 15.2. The first-order chi connectivity index (χ1) is 30.7. The van der Waals surface area contributed by atoms with Crippen molar-refractivity contribution in [2.45, 2.75) is 24.3 Å². The maximum atomic E-state index is 7.18. The molecule has 4 heteroatoms. The van der Waals surface area contributed by atoms with E-state index in [-0.39, 0.29) is 6.17 Å². The van der Waals surface area contributed by atoms with Gasteiger partial charge in [0.05, 0.1) is 28.8 Å². The fourth-order valence-electron chi connectivity index (χ4n) is 9.91. The Morgan fingerprint density at radius 1 is 0.452 bits per heavy atom. The zero-order chi connectivity index (χ0) is 41.5. The van der Waals surface area contributed by atoms with Gasteiger partial charge < -0.3 is 10.3 Å². The molecule has 10 aromatic rings. The maximum Gasteiger partial charge on any atom is 0.0852 e. The van der Waals surface area contributed by atoms with Crippen molar-refractivity contribution >= 4 is 21.8 Å². The molecule has 0 aliphatic heterocycles. The van der Waals surface area contributed by atoms with Crippen molar-refractivity contribution in [1.82, 2.24) is 15.2 Å². The van der Waals surface area contributed by atoms with Gasteiger partial charge in [0.1, 0.15) is 0 Å². The van der Waals surface area contributed by atoms with E-state index in [2.05, 4.69) is 234 Å². The van der Waals surface area contributed by atoms with Gasteiger partial charge in [-0.3, -0.25) is 10.6 Å². The SMILES string of the molecule is NC(NC(NCc1ccccc1)c1ccccc1)c1cccc(-n2c3cc(-c4ccccc4)ccc3c3cc4c(cc32)C(c2ccccc2)(c2ccccc2)c2ccccc2-4)c1.